The maximum absolute atomic E-state index is 11.3. The Labute approximate surface area is 93.9 Å². The van der Waals surface area contributed by atoms with Crippen LogP contribution in [0.25, 0.3) is 6.08 Å². The van der Waals surface area contributed by atoms with Crippen LogP contribution in [0.4, 0.5) is 0 Å². The SMILES string of the molecule is CON(C)C(=O)/C=C/c1ccc(Cl)cc1. The maximum atomic E-state index is 11.3. The second kappa shape index (κ2) is 5.53. The summed E-state index contributed by atoms with van der Waals surface area (Å²) < 4.78 is 0. The van der Waals surface area contributed by atoms with Gasteiger partial charge in [-0.1, -0.05) is 23.7 Å². The number of likely N-dealkylation sites (N-methyl/N-ethyl adjacent to an activating group) is 1. The summed E-state index contributed by atoms with van der Waals surface area (Å²) in [5.41, 5.74) is 0.914. The second-order valence-corrected chi connectivity index (χ2v) is 3.34. The molecular weight excluding hydrogens is 214 g/mol. The van der Waals surface area contributed by atoms with Crippen molar-refractivity contribution in [2.75, 3.05) is 14.2 Å². The number of hydrogen-bond donors (Lipinski definition) is 0. The minimum atomic E-state index is -0.215. The molecule has 0 saturated carbocycles. The zero-order chi connectivity index (χ0) is 11.3. The van der Waals surface area contributed by atoms with E-state index < -0.39 is 0 Å². The van der Waals surface area contributed by atoms with E-state index in [1.165, 1.54) is 13.2 Å². The first-order valence-electron chi connectivity index (χ1n) is 4.39. The fraction of sp³-hybridized carbons (Fsp3) is 0.182. The van der Waals surface area contributed by atoms with Crippen LogP contribution in [0.3, 0.4) is 0 Å². The number of hydroxylamine groups is 2. The Bertz CT molecular complexity index is 359. The smallest absolute Gasteiger partial charge is 0.269 e. The van der Waals surface area contributed by atoms with Crippen molar-refractivity contribution in [1.29, 1.82) is 0 Å². The fourth-order valence-corrected chi connectivity index (χ4v) is 1.06. The normalized spacial score (nSPS) is 10.6. The second-order valence-electron chi connectivity index (χ2n) is 2.90. The number of amides is 1. The molecule has 1 amide bonds. The third-order valence-electron chi connectivity index (χ3n) is 1.87. The molecule has 1 aromatic carbocycles. The number of nitrogens with zero attached hydrogens (tertiary/aromatic N) is 1. The first kappa shape index (κ1) is 11.8. The molecule has 0 aromatic heterocycles. The molecule has 0 spiro atoms. The molecule has 80 valence electrons. The summed E-state index contributed by atoms with van der Waals surface area (Å²) in [6.45, 7) is 0. The third-order valence-corrected chi connectivity index (χ3v) is 2.12. The third kappa shape index (κ3) is 3.73. The summed E-state index contributed by atoms with van der Waals surface area (Å²) >= 11 is 5.73. The molecule has 0 saturated heterocycles. The molecule has 0 unspecified atom stereocenters. The summed E-state index contributed by atoms with van der Waals surface area (Å²) in [7, 11) is 2.99. The zero-order valence-corrected chi connectivity index (χ0v) is 9.36. The first-order valence-corrected chi connectivity index (χ1v) is 4.76. The molecule has 0 atom stereocenters. The van der Waals surface area contributed by atoms with E-state index in [9.17, 15) is 4.79 Å². The molecule has 1 aromatic rings. The summed E-state index contributed by atoms with van der Waals surface area (Å²) in [4.78, 5) is 16.0. The number of carbonyl (C=O) groups excluding carboxylic acids is 1. The Hall–Kier alpha value is -1.32. The molecule has 4 heteroatoms. The van der Waals surface area contributed by atoms with Gasteiger partial charge in [-0.25, -0.2) is 5.06 Å². The highest BCUT2D eigenvalue weighted by atomic mass is 35.5. The van der Waals surface area contributed by atoms with Gasteiger partial charge in [0, 0.05) is 18.1 Å². The van der Waals surface area contributed by atoms with Gasteiger partial charge in [-0.05, 0) is 23.8 Å². The monoisotopic (exact) mass is 225 g/mol. The lowest BCUT2D eigenvalue weighted by Crippen LogP contribution is -2.22. The van der Waals surface area contributed by atoms with Crippen molar-refractivity contribution in [1.82, 2.24) is 5.06 Å². The van der Waals surface area contributed by atoms with Crippen LogP contribution in [0, 0.1) is 0 Å². The molecule has 1 rings (SSSR count). The van der Waals surface area contributed by atoms with Crippen molar-refractivity contribution >= 4 is 23.6 Å². The van der Waals surface area contributed by atoms with Gasteiger partial charge in [0.2, 0.25) is 0 Å². The Morgan fingerprint density at radius 3 is 2.53 bits per heavy atom. The highest BCUT2D eigenvalue weighted by Gasteiger charge is 2.01. The number of hydrogen-bond acceptors (Lipinski definition) is 2. The highest BCUT2D eigenvalue weighted by molar-refractivity contribution is 6.30. The molecule has 0 heterocycles. The molecule has 0 bridgehead atoms. The lowest BCUT2D eigenvalue weighted by molar-refractivity contribution is -0.162. The number of halogens is 1. The zero-order valence-electron chi connectivity index (χ0n) is 8.61. The van der Waals surface area contributed by atoms with Crippen LogP contribution < -0.4 is 0 Å². The highest BCUT2D eigenvalue weighted by Crippen LogP contribution is 2.10. The van der Waals surface area contributed by atoms with Gasteiger partial charge in [0.1, 0.15) is 0 Å². The van der Waals surface area contributed by atoms with E-state index >= 15 is 0 Å². The first-order chi connectivity index (χ1) is 7.13. The van der Waals surface area contributed by atoms with Crippen LogP contribution in [0.1, 0.15) is 5.56 Å². The van der Waals surface area contributed by atoms with Crippen LogP contribution >= 0.6 is 11.6 Å². The van der Waals surface area contributed by atoms with Crippen molar-refractivity contribution in [2.45, 2.75) is 0 Å². The Balaban J connectivity index is 2.65. The lowest BCUT2D eigenvalue weighted by atomic mass is 10.2. The average Bonchev–Trinajstić information content (AvgIpc) is 2.26. The van der Waals surface area contributed by atoms with Crippen molar-refractivity contribution in [3.63, 3.8) is 0 Å². The summed E-state index contributed by atoms with van der Waals surface area (Å²) in [5, 5.41) is 1.82. The average molecular weight is 226 g/mol. The largest absolute Gasteiger partial charge is 0.274 e. The molecule has 0 aliphatic heterocycles. The molecule has 3 nitrogen and oxygen atoms in total. The quantitative estimate of drug-likeness (QED) is 0.584. The van der Waals surface area contributed by atoms with Gasteiger partial charge in [0.25, 0.3) is 5.91 Å². The van der Waals surface area contributed by atoms with Crippen molar-refractivity contribution < 1.29 is 9.63 Å². The number of carbonyl (C=O) groups is 1. The molecule has 15 heavy (non-hydrogen) atoms. The van der Waals surface area contributed by atoms with Gasteiger partial charge < -0.3 is 0 Å². The topological polar surface area (TPSA) is 29.5 Å². The van der Waals surface area contributed by atoms with E-state index in [1.807, 2.05) is 12.1 Å². The molecule has 0 fully saturated rings. The molecule has 0 aliphatic carbocycles. The van der Waals surface area contributed by atoms with E-state index in [0.29, 0.717) is 5.02 Å². The van der Waals surface area contributed by atoms with Gasteiger partial charge in [-0.3, -0.25) is 9.63 Å². The van der Waals surface area contributed by atoms with Gasteiger partial charge in [0.15, 0.2) is 0 Å². The Morgan fingerprint density at radius 2 is 2.00 bits per heavy atom. The van der Waals surface area contributed by atoms with Crippen LogP contribution in [-0.2, 0) is 9.63 Å². The number of benzene rings is 1. The van der Waals surface area contributed by atoms with Crippen molar-refractivity contribution in [2.24, 2.45) is 0 Å². The van der Waals surface area contributed by atoms with E-state index in [4.69, 9.17) is 16.4 Å². The minimum absolute atomic E-state index is 0.215. The van der Waals surface area contributed by atoms with Crippen LogP contribution in [-0.4, -0.2) is 25.1 Å². The predicted molar refractivity (Wildman–Crippen MR) is 60.3 cm³/mol. The van der Waals surface area contributed by atoms with Crippen molar-refractivity contribution in [3.8, 4) is 0 Å². The van der Waals surface area contributed by atoms with E-state index in [-0.39, 0.29) is 5.91 Å². The predicted octanol–water partition coefficient (Wildman–Crippen LogP) is 2.37. The minimum Gasteiger partial charge on any atom is -0.274 e. The summed E-state index contributed by atoms with van der Waals surface area (Å²) in [6.07, 6.45) is 3.14. The van der Waals surface area contributed by atoms with E-state index in [2.05, 4.69) is 0 Å². The summed E-state index contributed by atoms with van der Waals surface area (Å²) in [5.74, 6) is -0.215. The Morgan fingerprint density at radius 1 is 1.40 bits per heavy atom. The summed E-state index contributed by atoms with van der Waals surface area (Å²) in [6, 6.07) is 7.20. The number of rotatable bonds is 3. The maximum Gasteiger partial charge on any atom is 0.269 e. The molecule has 0 N–H and O–H groups in total. The van der Waals surface area contributed by atoms with E-state index in [1.54, 1.807) is 25.3 Å². The van der Waals surface area contributed by atoms with Crippen LogP contribution in [0.5, 0.6) is 0 Å². The van der Waals surface area contributed by atoms with E-state index in [0.717, 1.165) is 10.6 Å². The standard InChI is InChI=1S/C11H12ClNO2/c1-13(15-2)11(14)8-5-9-3-6-10(12)7-4-9/h3-8H,1-2H3/b8-5+. The van der Waals surface area contributed by atoms with Gasteiger partial charge in [-0.15, -0.1) is 0 Å². The van der Waals surface area contributed by atoms with Gasteiger partial charge in [0.05, 0.1) is 7.11 Å². The lowest BCUT2D eigenvalue weighted by Gasteiger charge is -2.09. The van der Waals surface area contributed by atoms with Gasteiger partial charge >= 0.3 is 0 Å². The van der Waals surface area contributed by atoms with Crippen LogP contribution in [0.15, 0.2) is 30.3 Å². The fourth-order valence-electron chi connectivity index (χ4n) is 0.936. The molecule has 0 radical (unpaired) electrons. The van der Waals surface area contributed by atoms with Gasteiger partial charge in [-0.2, -0.15) is 0 Å². The molecular formula is C11H12ClNO2. The Kier molecular flexibility index (Phi) is 4.34. The molecule has 0 aliphatic rings. The van der Waals surface area contributed by atoms with Crippen molar-refractivity contribution in [3.05, 3.63) is 40.9 Å². The van der Waals surface area contributed by atoms with Crippen LogP contribution in [0.2, 0.25) is 5.02 Å².